The predicted molar refractivity (Wildman–Crippen MR) is 86.9 cm³/mol. The van der Waals surface area contributed by atoms with Gasteiger partial charge in [-0.1, -0.05) is 32.0 Å². The van der Waals surface area contributed by atoms with Gasteiger partial charge in [-0.15, -0.1) is 0 Å². The summed E-state index contributed by atoms with van der Waals surface area (Å²) in [5.74, 6) is -0.337. The number of benzene rings is 1. The second-order valence-electron chi connectivity index (χ2n) is 6.37. The lowest BCUT2D eigenvalue weighted by Crippen LogP contribution is -2.31. The summed E-state index contributed by atoms with van der Waals surface area (Å²) in [5, 5.41) is 0. The Kier molecular flexibility index (Phi) is 4.64. The lowest BCUT2D eigenvalue weighted by atomic mass is 9.73. The van der Waals surface area contributed by atoms with Crippen LogP contribution in [-0.2, 0) is 14.4 Å². The summed E-state index contributed by atoms with van der Waals surface area (Å²) in [6, 6.07) is 8.77. The molecule has 1 aromatic rings. The molecule has 2 rings (SSSR count). The Morgan fingerprint density at radius 3 is 2.30 bits per heavy atom. The fourth-order valence-electron chi connectivity index (χ4n) is 2.78. The van der Waals surface area contributed by atoms with Crippen molar-refractivity contribution in [1.29, 1.82) is 0 Å². The summed E-state index contributed by atoms with van der Waals surface area (Å²) in [5.41, 5.74) is 0.420. The first-order valence-corrected chi connectivity index (χ1v) is 7.47. The monoisotopic (exact) mass is 312 g/mol. The van der Waals surface area contributed by atoms with E-state index >= 15 is 0 Å². The zero-order chi connectivity index (χ0) is 17.2. The molecule has 0 atom stereocenters. The van der Waals surface area contributed by atoms with Gasteiger partial charge in [0.2, 0.25) is 0 Å². The maximum absolute atomic E-state index is 12.4. The molecule has 0 fully saturated rings. The fraction of sp³-hybridized carbons (Fsp3) is 0.316. The van der Waals surface area contributed by atoms with Crippen LogP contribution in [0.3, 0.4) is 0 Å². The number of Topliss-reactive ketones (excluding diaryl/α,β-unsaturated/α-hetero) is 1. The maximum atomic E-state index is 12.4. The summed E-state index contributed by atoms with van der Waals surface area (Å²) in [6.07, 6.45) is 1.36. The van der Waals surface area contributed by atoms with Crippen LogP contribution in [0.15, 0.2) is 53.1 Å². The van der Waals surface area contributed by atoms with Gasteiger partial charge >= 0.3 is 5.97 Å². The molecular weight excluding hydrogens is 292 g/mol. The number of para-hydroxylation sites is 1. The fourth-order valence-corrected chi connectivity index (χ4v) is 2.78. The van der Waals surface area contributed by atoms with Crippen molar-refractivity contribution in [2.24, 2.45) is 5.41 Å². The standard InChI is InChI=1S/C19H20O4/c1-12-10-15(20)13(2)17(18(12)22)19(3,4)11-16(21)23-14-8-6-5-7-9-14/h5-10H,11H2,1-4H3. The van der Waals surface area contributed by atoms with Gasteiger partial charge < -0.3 is 4.74 Å². The number of hydrogen-bond donors (Lipinski definition) is 0. The van der Waals surface area contributed by atoms with Crippen LogP contribution in [0.25, 0.3) is 0 Å². The number of carbonyl (C=O) groups excluding carboxylic acids is 3. The molecule has 4 heteroatoms. The predicted octanol–water partition coefficient (Wildman–Crippen LogP) is 3.42. The second-order valence-corrected chi connectivity index (χ2v) is 6.37. The third kappa shape index (κ3) is 3.65. The Balaban J connectivity index is 2.21. The van der Waals surface area contributed by atoms with Crippen LogP contribution >= 0.6 is 0 Å². The number of ether oxygens (including phenoxy) is 1. The molecule has 120 valence electrons. The van der Waals surface area contributed by atoms with E-state index in [4.69, 9.17) is 4.74 Å². The Morgan fingerprint density at radius 2 is 1.70 bits per heavy atom. The molecule has 1 aliphatic carbocycles. The number of hydrogen-bond acceptors (Lipinski definition) is 4. The van der Waals surface area contributed by atoms with Gasteiger partial charge in [-0.3, -0.25) is 14.4 Å². The summed E-state index contributed by atoms with van der Waals surface area (Å²) in [6.45, 7) is 6.80. The lowest BCUT2D eigenvalue weighted by Gasteiger charge is -2.29. The highest BCUT2D eigenvalue weighted by atomic mass is 16.5. The molecule has 0 aliphatic heterocycles. The van der Waals surface area contributed by atoms with Crippen LogP contribution in [0, 0.1) is 5.41 Å². The van der Waals surface area contributed by atoms with Gasteiger partial charge in [-0.05, 0) is 32.1 Å². The van der Waals surface area contributed by atoms with E-state index in [9.17, 15) is 14.4 Å². The molecule has 4 nitrogen and oxygen atoms in total. The van der Waals surface area contributed by atoms with Gasteiger partial charge in [0.1, 0.15) is 5.75 Å². The third-order valence-corrected chi connectivity index (χ3v) is 3.92. The molecule has 0 bridgehead atoms. The van der Waals surface area contributed by atoms with Crippen molar-refractivity contribution in [3.8, 4) is 5.75 Å². The molecule has 0 heterocycles. The van der Waals surface area contributed by atoms with Gasteiger partial charge in [-0.25, -0.2) is 0 Å². The van der Waals surface area contributed by atoms with Crippen LogP contribution in [0.1, 0.15) is 34.1 Å². The van der Waals surface area contributed by atoms with Crippen LogP contribution < -0.4 is 4.74 Å². The first kappa shape index (κ1) is 16.9. The molecule has 23 heavy (non-hydrogen) atoms. The Morgan fingerprint density at radius 1 is 1.09 bits per heavy atom. The van der Waals surface area contributed by atoms with Crippen molar-refractivity contribution in [3.63, 3.8) is 0 Å². The lowest BCUT2D eigenvalue weighted by molar-refractivity contribution is -0.136. The number of carbonyl (C=O) groups is 3. The molecular formula is C19H20O4. The van der Waals surface area contributed by atoms with Crippen molar-refractivity contribution in [1.82, 2.24) is 0 Å². The largest absolute Gasteiger partial charge is 0.427 e. The zero-order valence-electron chi connectivity index (χ0n) is 13.8. The number of esters is 1. The third-order valence-electron chi connectivity index (χ3n) is 3.92. The van der Waals surface area contributed by atoms with E-state index in [2.05, 4.69) is 0 Å². The van der Waals surface area contributed by atoms with Gasteiger partial charge in [0.05, 0.1) is 6.42 Å². The summed E-state index contributed by atoms with van der Waals surface area (Å²) in [7, 11) is 0. The van der Waals surface area contributed by atoms with Crippen molar-refractivity contribution >= 4 is 17.5 Å². The summed E-state index contributed by atoms with van der Waals surface area (Å²) in [4.78, 5) is 36.6. The Labute approximate surface area is 135 Å². The molecule has 0 saturated carbocycles. The average Bonchev–Trinajstić information content (AvgIpc) is 2.45. The SMILES string of the molecule is CC1=CC(=O)C(C)=C(C(C)(C)CC(=O)Oc2ccccc2)C1=O. The first-order valence-electron chi connectivity index (χ1n) is 7.47. The Bertz CT molecular complexity index is 721. The summed E-state index contributed by atoms with van der Waals surface area (Å²) < 4.78 is 5.29. The highest BCUT2D eigenvalue weighted by molar-refractivity contribution is 6.22. The molecule has 0 N–H and O–H groups in total. The van der Waals surface area contributed by atoms with Crippen molar-refractivity contribution in [2.75, 3.05) is 0 Å². The van der Waals surface area contributed by atoms with Crippen LogP contribution in [0.2, 0.25) is 0 Å². The smallest absolute Gasteiger partial charge is 0.312 e. The maximum Gasteiger partial charge on any atom is 0.312 e. The van der Waals surface area contributed by atoms with Gasteiger partial charge in [0.15, 0.2) is 11.6 Å². The van der Waals surface area contributed by atoms with E-state index in [0.29, 0.717) is 22.5 Å². The average molecular weight is 312 g/mol. The van der Waals surface area contributed by atoms with Crippen LogP contribution in [-0.4, -0.2) is 17.5 Å². The molecule has 0 saturated heterocycles. The molecule has 0 aromatic heterocycles. The normalized spacial score (nSPS) is 15.6. The molecule has 1 aromatic carbocycles. The van der Waals surface area contributed by atoms with Gasteiger partial charge in [0.25, 0.3) is 0 Å². The molecule has 0 radical (unpaired) electrons. The van der Waals surface area contributed by atoms with E-state index < -0.39 is 11.4 Å². The van der Waals surface area contributed by atoms with Crippen LogP contribution in [0.4, 0.5) is 0 Å². The quantitative estimate of drug-likeness (QED) is 0.485. The van der Waals surface area contributed by atoms with Crippen molar-refractivity contribution < 1.29 is 19.1 Å². The first-order chi connectivity index (χ1) is 10.7. The molecule has 1 aliphatic rings. The molecule has 0 amide bonds. The zero-order valence-corrected chi connectivity index (χ0v) is 13.8. The topological polar surface area (TPSA) is 60.4 Å². The highest BCUT2D eigenvalue weighted by Gasteiger charge is 2.37. The minimum atomic E-state index is -0.780. The second kappa shape index (κ2) is 6.32. The minimum Gasteiger partial charge on any atom is -0.427 e. The van der Waals surface area contributed by atoms with Crippen molar-refractivity contribution in [3.05, 3.63) is 53.1 Å². The van der Waals surface area contributed by atoms with Gasteiger partial charge in [-0.2, -0.15) is 0 Å². The Hall–Kier alpha value is -2.49. The number of ketones is 2. The van der Waals surface area contributed by atoms with E-state index in [1.54, 1.807) is 52.0 Å². The van der Waals surface area contributed by atoms with E-state index in [1.807, 2.05) is 6.07 Å². The van der Waals surface area contributed by atoms with E-state index in [0.717, 1.165) is 0 Å². The van der Waals surface area contributed by atoms with Crippen LogP contribution in [0.5, 0.6) is 5.75 Å². The van der Waals surface area contributed by atoms with Gasteiger partial charge in [0, 0.05) is 22.1 Å². The minimum absolute atomic E-state index is 0.0147. The molecule has 0 spiro atoms. The van der Waals surface area contributed by atoms with Crippen molar-refractivity contribution in [2.45, 2.75) is 34.1 Å². The summed E-state index contributed by atoms with van der Waals surface area (Å²) >= 11 is 0. The van der Waals surface area contributed by atoms with E-state index in [-0.39, 0.29) is 18.0 Å². The van der Waals surface area contributed by atoms with E-state index in [1.165, 1.54) is 6.08 Å². The molecule has 0 unspecified atom stereocenters. The number of rotatable bonds is 4. The number of allylic oxidation sites excluding steroid dienone is 4. The highest BCUT2D eigenvalue weighted by Crippen LogP contribution is 2.37.